The molecule has 2 rings (SSSR count). The molecule has 0 spiro atoms. The third-order valence-electron chi connectivity index (χ3n) is 4.73. The van der Waals surface area contributed by atoms with Crippen molar-refractivity contribution < 1.29 is 14.4 Å². The molecule has 1 aliphatic heterocycles. The molecule has 0 saturated carbocycles. The van der Waals surface area contributed by atoms with Gasteiger partial charge in [0.1, 0.15) is 0 Å². The van der Waals surface area contributed by atoms with Gasteiger partial charge in [-0.2, -0.15) is 0 Å². The first-order valence-corrected chi connectivity index (χ1v) is 9.37. The Hall–Kier alpha value is -2.57. The number of likely N-dealkylation sites (tertiary alicyclic amines) is 1. The van der Waals surface area contributed by atoms with Gasteiger partial charge in [0.25, 0.3) is 0 Å². The summed E-state index contributed by atoms with van der Waals surface area (Å²) in [4.78, 5) is 40.0. The van der Waals surface area contributed by atoms with E-state index in [0.717, 1.165) is 18.4 Å². The van der Waals surface area contributed by atoms with Gasteiger partial charge in [0.05, 0.1) is 5.92 Å². The summed E-state index contributed by atoms with van der Waals surface area (Å²) in [5.74, 6) is -0.522. The zero-order valence-electron chi connectivity index (χ0n) is 16.8. The molecule has 0 aliphatic carbocycles. The number of hydrogen-bond donors (Lipinski definition) is 2. The number of nitrogens with zero attached hydrogens (tertiary/aromatic N) is 2. The zero-order valence-corrected chi connectivity index (χ0v) is 16.8. The van der Waals surface area contributed by atoms with Gasteiger partial charge >= 0.3 is 6.03 Å². The zero-order chi connectivity index (χ0) is 20.1. The molecule has 1 fully saturated rings. The number of urea groups is 1. The van der Waals surface area contributed by atoms with Crippen LogP contribution in [-0.2, 0) is 9.59 Å². The van der Waals surface area contributed by atoms with E-state index in [1.165, 1.54) is 4.90 Å². The Bertz CT molecular complexity index is 715. The Morgan fingerprint density at radius 2 is 1.89 bits per heavy atom. The molecule has 0 aromatic heterocycles. The second-order valence-corrected chi connectivity index (χ2v) is 7.63. The lowest BCUT2D eigenvalue weighted by Crippen LogP contribution is -2.47. The highest BCUT2D eigenvalue weighted by molar-refractivity contribution is 5.96. The molecular formula is C20H30N4O3. The van der Waals surface area contributed by atoms with Crippen molar-refractivity contribution in [3.63, 3.8) is 0 Å². The fourth-order valence-electron chi connectivity index (χ4n) is 3.00. The lowest BCUT2D eigenvalue weighted by atomic mass is 9.97. The van der Waals surface area contributed by atoms with E-state index < -0.39 is 0 Å². The number of carbonyl (C=O) groups is 3. The predicted octanol–water partition coefficient (Wildman–Crippen LogP) is 2.92. The van der Waals surface area contributed by atoms with Crippen LogP contribution in [0.3, 0.4) is 0 Å². The topological polar surface area (TPSA) is 81.8 Å². The summed E-state index contributed by atoms with van der Waals surface area (Å²) in [7, 11) is 3.43. The van der Waals surface area contributed by atoms with Crippen LogP contribution in [0.5, 0.6) is 0 Å². The summed E-state index contributed by atoms with van der Waals surface area (Å²) < 4.78 is 0. The van der Waals surface area contributed by atoms with Crippen LogP contribution in [0.4, 0.5) is 16.2 Å². The number of rotatable bonds is 4. The maximum atomic E-state index is 12.7. The van der Waals surface area contributed by atoms with Crippen LogP contribution >= 0.6 is 0 Å². The van der Waals surface area contributed by atoms with Crippen LogP contribution < -0.4 is 10.6 Å². The van der Waals surface area contributed by atoms with Gasteiger partial charge in [-0.1, -0.05) is 19.9 Å². The molecule has 0 bridgehead atoms. The SMILES string of the molecule is Cc1ccc(NC(=O)C2CCCN(C(=O)N(C)C)C2)cc1NC(=O)C(C)C. The predicted molar refractivity (Wildman–Crippen MR) is 107 cm³/mol. The van der Waals surface area contributed by atoms with Gasteiger partial charge in [-0.15, -0.1) is 0 Å². The van der Waals surface area contributed by atoms with Crippen molar-refractivity contribution in [2.75, 3.05) is 37.8 Å². The molecule has 1 unspecified atom stereocenters. The summed E-state index contributed by atoms with van der Waals surface area (Å²) in [5, 5.41) is 5.82. The Balaban J connectivity index is 2.04. The van der Waals surface area contributed by atoms with E-state index in [9.17, 15) is 14.4 Å². The van der Waals surface area contributed by atoms with Crippen LogP contribution in [0.25, 0.3) is 0 Å². The second kappa shape index (κ2) is 8.88. The largest absolute Gasteiger partial charge is 0.331 e. The number of anilines is 2. The van der Waals surface area contributed by atoms with Crippen molar-refractivity contribution in [2.45, 2.75) is 33.6 Å². The molecule has 1 saturated heterocycles. The Morgan fingerprint density at radius 3 is 2.52 bits per heavy atom. The fourth-order valence-corrected chi connectivity index (χ4v) is 3.00. The number of nitrogens with one attached hydrogen (secondary N) is 2. The van der Waals surface area contributed by atoms with Crippen LogP contribution in [0.1, 0.15) is 32.3 Å². The number of piperidine rings is 1. The van der Waals surface area contributed by atoms with Crippen molar-refractivity contribution in [3.8, 4) is 0 Å². The average Bonchev–Trinajstić information content (AvgIpc) is 2.63. The Morgan fingerprint density at radius 1 is 1.19 bits per heavy atom. The summed E-state index contributed by atoms with van der Waals surface area (Å²) in [5.41, 5.74) is 2.27. The molecule has 7 heteroatoms. The molecule has 1 aromatic carbocycles. The molecule has 148 valence electrons. The maximum absolute atomic E-state index is 12.7. The first-order chi connectivity index (χ1) is 12.7. The lowest BCUT2D eigenvalue weighted by Gasteiger charge is -2.33. The van der Waals surface area contributed by atoms with Crippen LogP contribution in [0.15, 0.2) is 18.2 Å². The third kappa shape index (κ3) is 5.45. The highest BCUT2D eigenvalue weighted by Gasteiger charge is 2.29. The quantitative estimate of drug-likeness (QED) is 0.850. The Labute approximate surface area is 161 Å². The van der Waals surface area contributed by atoms with Gasteiger partial charge in [-0.3, -0.25) is 9.59 Å². The minimum atomic E-state index is -0.238. The average molecular weight is 374 g/mol. The number of carbonyl (C=O) groups excluding carboxylic acids is 3. The van der Waals surface area contributed by atoms with E-state index >= 15 is 0 Å². The Kier molecular flexibility index (Phi) is 6.82. The van der Waals surface area contributed by atoms with Crippen LogP contribution in [-0.4, -0.2) is 54.8 Å². The molecule has 1 aromatic rings. The maximum Gasteiger partial charge on any atom is 0.319 e. The van der Waals surface area contributed by atoms with E-state index in [1.54, 1.807) is 25.1 Å². The third-order valence-corrected chi connectivity index (χ3v) is 4.73. The highest BCUT2D eigenvalue weighted by atomic mass is 16.2. The molecule has 7 nitrogen and oxygen atoms in total. The molecule has 1 aliphatic rings. The van der Waals surface area contributed by atoms with Gasteiger partial charge in [0, 0.05) is 44.5 Å². The minimum absolute atomic E-state index is 0.0632. The summed E-state index contributed by atoms with van der Waals surface area (Å²) in [6, 6.07) is 5.40. The van der Waals surface area contributed by atoms with Gasteiger partial charge in [0.2, 0.25) is 11.8 Å². The van der Waals surface area contributed by atoms with E-state index in [-0.39, 0.29) is 29.7 Å². The van der Waals surface area contributed by atoms with E-state index in [4.69, 9.17) is 0 Å². The fraction of sp³-hybridized carbons (Fsp3) is 0.550. The smallest absolute Gasteiger partial charge is 0.319 e. The van der Waals surface area contributed by atoms with Gasteiger partial charge < -0.3 is 20.4 Å². The first kappa shape index (κ1) is 20.7. The van der Waals surface area contributed by atoms with Gasteiger partial charge in [0.15, 0.2) is 0 Å². The van der Waals surface area contributed by atoms with Gasteiger partial charge in [-0.25, -0.2) is 4.79 Å². The van der Waals surface area contributed by atoms with Gasteiger partial charge in [-0.05, 0) is 37.5 Å². The molecule has 0 radical (unpaired) electrons. The molecule has 27 heavy (non-hydrogen) atoms. The number of hydrogen-bond acceptors (Lipinski definition) is 3. The lowest BCUT2D eigenvalue weighted by molar-refractivity contribution is -0.121. The monoisotopic (exact) mass is 374 g/mol. The van der Waals surface area contributed by atoms with E-state index in [2.05, 4.69) is 10.6 Å². The van der Waals surface area contributed by atoms with Crippen molar-refractivity contribution in [1.29, 1.82) is 0 Å². The number of amides is 4. The van der Waals surface area contributed by atoms with Crippen LogP contribution in [0.2, 0.25) is 0 Å². The summed E-state index contributed by atoms with van der Waals surface area (Å²) >= 11 is 0. The highest BCUT2D eigenvalue weighted by Crippen LogP contribution is 2.23. The number of benzene rings is 1. The molecule has 1 heterocycles. The molecular weight excluding hydrogens is 344 g/mol. The van der Waals surface area contributed by atoms with Crippen molar-refractivity contribution >= 4 is 29.2 Å². The van der Waals surface area contributed by atoms with Crippen molar-refractivity contribution in [3.05, 3.63) is 23.8 Å². The molecule has 2 N–H and O–H groups in total. The standard InChI is InChI=1S/C20H30N4O3/c1-13(2)18(25)22-17-11-16(9-8-14(17)3)21-19(26)15-7-6-10-24(12-15)20(27)23(4)5/h8-9,11,13,15H,6-7,10,12H2,1-5H3,(H,21,26)(H,22,25). The minimum Gasteiger partial charge on any atom is -0.331 e. The van der Waals surface area contributed by atoms with E-state index in [1.807, 2.05) is 32.9 Å². The first-order valence-electron chi connectivity index (χ1n) is 9.37. The number of aryl methyl sites for hydroxylation is 1. The van der Waals surface area contributed by atoms with Crippen LogP contribution in [0, 0.1) is 18.8 Å². The second-order valence-electron chi connectivity index (χ2n) is 7.63. The van der Waals surface area contributed by atoms with Crippen molar-refractivity contribution in [1.82, 2.24) is 9.80 Å². The summed E-state index contributed by atoms with van der Waals surface area (Å²) in [6.45, 7) is 6.68. The molecule has 4 amide bonds. The summed E-state index contributed by atoms with van der Waals surface area (Å²) in [6.07, 6.45) is 1.56. The van der Waals surface area contributed by atoms with Crippen molar-refractivity contribution in [2.24, 2.45) is 11.8 Å². The normalized spacial score (nSPS) is 16.8. The molecule has 1 atom stereocenters. The van der Waals surface area contributed by atoms with E-state index in [0.29, 0.717) is 24.5 Å².